The van der Waals surface area contributed by atoms with Gasteiger partial charge in [0.1, 0.15) is 23.9 Å². The quantitative estimate of drug-likeness (QED) is 0.464. The molecule has 7 nitrogen and oxygen atoms in total. The summed E-state index contributed by atoms with van der Waals surface area (Å²) in [4.78, 5) is 2.39. The average molecular weight is 417 g/mol. The van der Waals surface area contributed by atoms with Crippen LogP contribution in [0.5, 0.6) is 11.5 Å². The van der Waals surface area contributed by atoms with Crippen LogP contribution in [0.15, 0.2) is 40.8 Å². The summed E-state index contributed by atoms with van der Waals surface area (Å²) in [5.41, 5.74) is 0. The Hall–Kier alpha value is -2.58. The van der Waals surface area contributed by atoms with Gasteiger partial charge < -0.3 is 18.8 Å². The van der Waals surface area contributed by atoms with Gasteiger partial charge in [0.2, 0.25) is 0 Å². The fraction of sp³-hybridized carbons (Fsp3) is 0.429. The fourth-order valence-electron chi connectivity index (χ4n) is 3.11. The molecule has 0 amide bonds. The van der Waals surface area contributed by atoms with Crippen LogP contribution in [0.4, 0.5) is 0 Å². The summed E-state index contributed by atoms with van der Waals surface area (Å²) < 4.78 is 19.5. The Balaban J connectivity index is 1.63. The van der Waals surface area contributed by atoms with Crippen LogP contribution in [-0.2, 0) is 13.2 Å². The van der Waals surface area contributed by atoms with E-state index in [1.165, 1.54) is 0 Å². The zero-order chi connectivity index (χ0) is 20.6. The van der Waals surface area contributed by atoms with Crippen molar-refractivity contribution >= 4 is 12.2 Å². The largest absolute Gasteiger partial charge is 0.497 e. The molecular weight excluding hydrogens is 388 g/mol. The van der Waals surface area contributed by atoms with E-state index in [2.05, 4.69) is 28.9 Å². The van der Waals surface area contributed by atoms with Gasteiger partial charge in [-0.15, -0.1) is 0 Å². The summed E-state index contributed by atoms with van der Waals surface area (Å²) in [5.74, 6) is 3.66. The first-order valence-electron chi connectivity index (χ1n) is 9.88. The van der Waals surface area contributed by atoms with E-state index in [-0.39, 0.29) is 0 Å². The van der Waals surface area contributed by atoms with Crippen LogP contribution in [0.25, 0.3) is 11.6 Å². The smallest absolute Gasteiger partial charge is 0.198 e. The van der Waals surface area contributed by atoms with Gasteiger partial charge in [0.25, 0.3) is 0 Å². The molecule has 0 aliphatic heterocycles. The molecule has 1 N–H and O–H groups in total. The SMILES string of the molecule is CCN(CC)CCCn1c(-c2ccc(COc3ccc(OC)cc3)o2)n[nH]c1=S. The Morgan fingerprint density at radius 2 is 1.83 bits per heavy atom. The number of H-pyrrole nitrogens is 1. The highest BCUT2D eigenvalue weighted by Crippen LogP contribution is 2.23. The van der Waals surface area contributed by atoms with Crippen molar-refractivity contribution < 1.29 is 13.9 Å². The first-order valence-corrected chi connectivity index (χ1v) is 10.3. The van der Waals surface area contributed by atoms with Crippen molar-refractivity contribution in [1.29, 1.82) is 0 Å². The third-order valence-electron chi connectivity index (χ3n) is 4.83. The average Bonchev–Trinajstić information content (AvgIpc) is 3.36. The Morgan fingerprint density at radius 1 is 1.10 bits per heavy atom. The maximum Gasteiger partial charge on any atom is 0.198 e. The molecule has 0 aliphatic carbocycles. The second-order valence-electron chi connectivity index (χ2n) is 6.61. The molecule has 0 saturated heterocycles. The van der Waals surface area contributed by atoms with E-state index in [4.69, 9.17) is 26.1 Å². The molecule has 0 aliphatic rings. The van der Waals surface area contributed by atoms with Gasteiger partial charge in [-0.05, 0) is 74.7 Å². The van der Waals surface area contributed by atoms with Gasteiger partial charge in [0.15, 0.2) is 16.4 Å². The van der Waals surface area contributed by atoms with Gasteiger partial charge in [-0.1, -0.05) is 13.8 Å². The molecule has 2 heterocycles. The van der Waals surface area contributed by atoms with Crippen LogP contribution < -0.4 is 9.47 Å². The number of hydrogen-bond donors (Lipinski definition) is 1. The minimum absolute atomic E-state index is 0.333. The number of ether oxygens (including phenoxy) is 2. The standard InChI is InChI=1S/C21H28N4O3S/c1-4-24(5-2)13-6-14-25-20(22-23-21(25)29)19-12-11-18(28-19)15-27-17-9-7-16(26-3)8-10-17/h7-12H,4-6,13-15H2,1-3H3,(H,23,29). The van der Waals surface area contributed by atoms with Gasteiger partial charge in [-0.3, -0.25) is 9.67 Å². The molecule has 156 valence electrons. The summed E-state index contributed by atoms with van der Waals surface area (Å²) in [5, 5.41) is 7.24. The van der Waals surface area contributed by atoms with Crippen LogP contribution in [0.3, 0.4) is 0 Å². The van der Waals surface area contributed by atoms with Crippen LogP contribution >= 0.6 is 12.2 Å². The van der Waals surface area contributed by atoms with Crippen LogP contribution in [0, 0.1) is 4.77 Å². The highest BCUT2D eigenvalue weighted by molar-refractivity contribution is 7.71. The lowest BCUT2D eigenvalue weighted by molar-refractivity contribution is 0.271. The highest BCUT2D eigenvalue weighted by atomic mass is 32.1. The number of nitrogens with zero attached hydrogens (tertiary/aromatic N) is 3. The van der Waals surface area contributed by atoms with E-state index >= 15 is 0 Å². The molecular formula is C21H28N4O3S. The Labute approximate surface area is 176 Å². The van der Waals surface area contributed by atoms with Gasteiger partial charge >= 0.3 is 0 Å². The maximum atomic E-state index is 5.95. The van der Waals surface area contributed by atoms with Crippen molar-refractivity contribution in [3.63, 3.8) is 0 Å². The van der Waals surface area contributed by atoms with Crippen molar-refractivity contribution in [2.24, 2.45) is 0 Å². The summed E-state index contributed by atoms with van der Waals surface area (Å²) in [6.07, 6.45) is 0.997. The third-order valence-corrected chi connectivity index (χ3v) is 5.14. The lowest BCUT2D eigenvalue weighted by Gasteiger charge is -2.17. The highest BCUT2D eigenvalue weighted by Gasteiger charge is 2.14. The van der Waals surface area contributed by atoms with Crippen molar-refractivity contribution in [2.75, 3.05) is 26.7 Å². The van der Waals surface area contributed by atoms with E-state index in [1.54, 1.807) is 7.11 Å². The second-order valence-corrected chi connectivity index (χ2v) is 7.00. The second kappa shape index (κ2) is 10.3. The predicted molar refractivity (Wildman–Crippen MR) is 115 cm³/mol. The molecule has 3 aromatic rings. The van der Waals surface area contributed by atoms with Crippen molar-refractivity contribution in [3.8, 4) is 23.1 Å². The number of rotatable bonds is 11. The number of nitrogens with one attached hydrogen (secondary N) is 1. The van der Waals surface area contributed by atoms with Crippen LogP contribution in [0.2, 0.25) is 0 Å². The van der Waals surface area contributed by atoms with E-state index < -0.39 is 0 Å². The molecule has 1 aromatic carbocycles. The maximum absolute atomic E-state index is 5.95. The number of hydrogen-bond acceptors (Lipinski definition) is 6. The van der Waals surface area contributed by atoms with Crippen LogP contribution in [0.1, 0.15) is 26.0 Å². The molecule has 0 atom stereocenters. The molecule has 8 heteroatoms. The zero-order valence-electron chi connectivity index (χ0n) is 17.2. The summed E-state index contributed by atoms with van der Waals surface area (Å²) >= 11 is 5.41. The Morgan fingerprint density at radius 3 is 2.52 bits per heavy atom. The minimum Gasteiger partial charge on any atom is -0.497 e. The first-order chi connectivity index (χ1) is 14.1. The van der Waals surface area contributed by atoms with Gasteiger partial charge in [-0.25, -0.2) is 0 Å². The molecule has 29 heavy (non-hydrogen) atoms. The molecule has 0 saturated carbocycles. The van der Waals surface area contributed by atoms with Crippen molar-refractivity contribution in [3.05, 3.63) is 46.9 Å². The van der Waals surface area contributed by atoms with Crippen molar-refractivity contribution in [2.45, 2.75) is 33.4 Å². The predicted octanol–water partition coefficient (Wildman–Crippen LogP) is 4.52. The van der Waals surface area contributed by atoms with E-state index in [0.29, 0.717) is 23.0 Å². The number of aromatic nitrogens is 3. The van der Waals surface area contributed by atoms with Crippen LogP contribution in [-0.4, -0.2) is 46.4 Å². The first kappa shape index (κ1) is 21.1. The number of furan rings is 1. The summed E-state index contributed by atoms with van der Waals surface area (Å²) in [6.45, 7) is 8.61. The third kappa shape index (κ3) is 5.48. The van der Waals surface area contributed by atoms with E-state index in [9.17, 15) is 0 Å². The van der Waals surface area contributed by atoms with E-state index in [1.807, 2.05) is 41.0 Å². The van der Waals surface area contributed by atoms with Crippen molar-refractivity contribution in [1.82, 2.24) is 19.7 Å². The fourth-order valence-corrected chi connectivity index (χ4v) is 3.33. The molecule has 0 fully saturated rings. The Bertz CT molecular complexity index is 941. The summed E-state index contributed by atoms with van der Waals surface area (Å²) in [7, 11) is 1.64. The molecule has 0 spiro atoms. The molecule has 0 unspecified atom stereocenters. The monoisotopic (exact) mass is 416 g/mol. The summed E-state index contributed by atoms with van der Waals surface area (Å²) in [6, 6.07) is 11.3. The number of benzene rings is 1. The zero-order valence-corrected chi connectivity index (χ0v) is 18.0. The van der Waals surface area contributed by atoms with Gasteiger partial charge in [0, 0.05) is 6.54 Å². The Kier molecular flexibility index (Phi) is 7.48. The van der Waals surface area contributed by atoms with Gasteiger partial charge in [-0.2, -0.15) is 5.10 Å². The number of methoxy groups -OCH3 is 1. The molecule has 3 rings (SSSR count). The lowest BCUT2D eigenvalue weighted by atomic mass is 10.3. The van der Waals surface area contributed by atoms with Gasteiger partial charge in [0.05, 0.1) is 7.11 Å². The molecule has 0 bridgehead atoms. The topological polar surface area (TPSA) is 68.4 Å². The normalized spacial score (nSPS) is 11.2. The number of aromatic amines is 1. The minimum atomic E-state index is 0.333. The van der Waals surface area contributed by atoms with E-state index in [0.717, 1.165) is 49.9 Å². The molecule has 2 aromatic heterocycles. The molecule has 0 radical (unpaired) electrons. The lowest BCUT2D eigenvalue weighted by Crippen LogP contribution is -2.24.